The van der Waals surface area contributed by atoms with Gasteiger partial charge in [-0.05, 0) is 45.0 Å². The lowest BCUT2D eigenvalue weighted by Gasteiger charge is -2.26. The van der Waals surface area contributed by atoms with Gasteiger partial charge in [0.15, 0.2) is 0 Å². The van der Waals surface area contributed by atoms with Crippen molar-refractivity contribution in [1.29, 1.82) is 0 Å². The van der Waals surface area contributed by atoms with Crippen LogP contribution in [0.1, 0.15) is 26.2 Å². The van der Waals surface area contributed by atoms with Gasteiger partial charge in [-0.1, -0.05) is 12.5 Å². The molecular weight excluding hydrogens is 308 g/mol. The number of carbonyl (C=O) groups excluding carboxylic acids is 2. The van der Waals surface area contributed by atoms with Crippen molar-refractivity contribution in [3.63, 3.8) is 0 Å². The van der Waals surface area contributed by atoms with E-state index >= 15 is 0 Å². The molecule has 7 heteroatoms. The van der Waals surface area contributed by atoms with Crippen LogP contribution < -0.4 is 21.1 Å². The van der Waals surface area contributed by atoms with E-state index in [4.69, 9.17) is 10.5 Å². The fraction of sp³-hybridized carbons (Fsp3) is 0.529. The molecule has 7 nitrogen and oxygen atoms in total. The van der Waals surface area contributed by atoms with Gasteiger partial charge in [0.1, 0.15) is 18.4 Å². The molecule has 4 N–H and O–H groups in total. The molecule has 3 amide bonds. The lowest BCUT2D eigenvalue weighted by atomic mass is 10.1. The van der Waals surface area contributed by atoms with E-state index in [9.17, 15) is 9.59 Å². The van der Waals surface area contributed by atoms with Crippen molar-refractivity contribution in [3.8, 4) is 5.75 Å². The van der Waals surface area contributed by atoms with Crippen LogP contribution in [0.25, 0.3) is 0 Å². The van der Waals surface area contributed by atoms with Gasteiger partial charge in [-0.2, -0.15) is 0 Å². The van der Waals surface area contributed by atoms with E-state index in [0.29, 0.717) is 18.0 Å². The van der Waals surface area contributed by atoms with E-state index in [2.05, 4.69) is 15.5 Å². The van der Waals surface area contributed by atoms with Crippen LogP contribution in [-0.4, -0.2) is 49.1 Å². The first-order valence-corrected chi connectivity index (χ1v) is 8.36. The summed E-state index contributed by atoms with van der Waals surface area (Å²) in [5.41, 5.74) is 5.63. The van der Waals surface area contributed by atoms with Gasteiger partial charge >= 0.3 is 6.03 Å². The summed E-state index contributed by atoms with van der Waals surface area (Å²) in [6.07, 6.45) is 3.85. The van der Waals surface area contributed by atoms with Crippen molar-refractivity contribution >= 4 is 17.6 Å². The van der Waals surface area contributed by atoms with Gasteiger partial charge in [-0.3, -0.25) is 9.69 Å². The Morgan fingerprint density at radius 3 is 2.75 bits per heavy atom. The van der Waals surface area contributed by atoms with E-state index < -0.39 is 12.1 Å². The number of hydrogen-bond donors (Lipinski definition) is 3. The molecule has 0 radical (unpaired) electrons. The van der Waals surface area contributed by atoms with Crippen LogP contribution in [0.5, 0.6) is 5.75 Å². The monoisotopic (exact) mass is 334 g/mol. The summed E-state index contributed by atoms with van der Waals surface area (Å²) < 4.78 is 5.77. The summed E-state index contributed by atoms with van der Waals surface area (Å²) in [6, 6.07) is 5.78. The third kappa shape index (κ3) is 6.08. The number of hydrogen-bond acceptors (Lipinski definition) is 4. The van der Waals surface area contributed by atoms with Crippen LogP contribution in [0.2, 0.25) is 0 Å². The summed E-state index contributed by atoms with van der Waals surface area (Å²) in [5.74, 6) is 0.375. The topological polar surface area (TPSA) is 96.7 Å². The lowest BCUT2D eigenvalue weighted by Crippen LogP contribution is -2.44. The Kier molecular flexibility index (Phi) is 6.87. The van der Waals surface area contributed by atoms with Crippen LogP contribution in [0.15, 0.2) is 24.3 Å². The number of nitrogens with two attached hydrogens (primary N) is 1. The van der Waals surface area contributed by atoms with Crippen molar-refractivity contribution < 1.29 is 14.3 Å². The summed E-state index contributed by atoms with van der Waals surface area (Å²) in [7, 11) is 0. The molecule has 1 aliphatic heterocycles. The number of primary amides is 1. The number of piperidine rings is 1. The molecule has 0 aromatic heterocycles. The average molecular weight is 334 g/mol. The number of nitrogens with one attached hydrogen (secondary N) is 2. The standard InChI is InChI=1S/C17H26N4O3/c1-13(19-17(18)23)16(22)20-14-6-5-7-15(12-14)24-11-10-21-8-3-2-4-9-21/h5-7,12-13H,2-4,8-11H2,1H3,(H,20,22)(H3,18,19,23). The minimum Gasteiger partial charge on any atom is -0.492 e. The van der Waals surface area contributed by atoms with Gasteiger partial charge in [0, 0.05) is 18.3 Å². The van der Waals surface area contributed by atoms with Crippen LogP contribution >= 0.6 is 0 Å². The Morgan fingerprint density at radius 1 is 1.29 bits per heavy atom. The molecule has 132 valence electrons. The molecule has 0 aliphatic carbocycles. The highest BCUT2D eigenvalue weighted by molar-refractivity contribution is 5.96. The quantitative estimate of drug-likeness (QED) is 0.705. The van der Waals surface area contributed by atoms with E-state index in [1.54, 1.807) is 19.1 Å². The van der Waals surface area contributed by atoms with Crippen molar-refractivity contribution in [2.75, 3.05) is 31.6 Å². The largest absolute Gasteiger partial charge is 0.492 e. The van der Waals surface area contributed by atoms with E-state index in [1.165, 1.54) is 19.3 Å². The van der Waals surface area contributed by atoms with Crippen LogP contribution in [-0.2, 0) is 4.79 Å². The number of anilines is 1. The second-order valence-corrected chi connectivity index (χ2v) is 6.00. The Bertz CT molecular complexity index is 559. The molecule has 1 aliphatic rings. The van der Waals surface area contributed by atoms with Crippen molar-refractivity contribution in [1.82, 2.24) is 10.2 Å². The summed E-state index contributed by atoms with van der Waals surface area (Å²) >= 11 is 0. The molecular formula is C17H26N4O3. The van der Waals surface area contributed by atoms with Crippen molar-refractivity contribution in [2.45, 2.75) is 32.2 Å². The molecule has 0 saturated carbocycles. The van der Waals surface area contributed by atoms with Gasteiger partial charge < -0.3 is 21.1 Å². The minimum atomic E-state index is -0.729. The van der Waals surface area contributed by atoms with Gasteiger partial charge in [-0.25, -0.2) is 4.79 Å². The van der Waals surface area contributed by atoms with Crippen LogP contribution in [0, 0.1) is 0 Å². The number of carbonyl (C=O) groups is 2. The molecule has 1 aromatic carbocycles. The van der Waals surface area contributed by atoms with Gasteiger partial charge in [-0.15, -0.1) is 0 Å². The predicted octanol–water partition coefficient (Wildman–Crippen LogP) is 1.55. The molecule has 0 bridgehead atoms. The molecule has 1 atom stereocenters. The fourth-order valence-electron chi connectivity index (χ4n) is 2.67. The lowest BCUT2D eigenvalue weighted by molar-refractivity contribution is -0.117. The first-order chi connectivity index (χ1) is 11.5. The smallest absolute Gasteiger partial charge is 0.312 e. The number of benzene rings is 1. The number of urea groups is 1. The number of ether oxygens (including phenoxy) is 1. The normalized spacial score (nSPS) is 16.2. The molecule has 2 rings (SSSR count). The zero-order valence-corrected chi connectivity index (χ0v) is 14.1. The molecule has 1 saturated heterocycles. The Hall–Kier alpha value is -2.28. The highest BCUT2D eigenvalue weighted by atomic mass is 16.5. The predicted molar refractivity (Wildman–Crippen MR) is 93.0 cm³/mol. The molecule has 1 unspecified atom stereocenters. The third-order valence-corrected chi connectivity index (χ3v) is 3.98. The minimum absolute atomic E-state index is 0.334. The first kappa shape index (κ1) is 18.1. The van der Waals surface area contributed by atoms with E-state index in [0.717, 1.165) is 19.6 Å². The Morgan fingerprint density at radius 2 is 2.04 bits per heavy atom. The molecule has 0 spiro atoms. The van der Waals surface area contributed by atoms with E-state index in [-0.39, 0.29) is 5.91 Å². The zero-order chi connectivity index (χ0) is 17.4. The molecule has 24 heavy (non-hydrogen) atoms. The maximum atomic E-state index is 12.0. The number of rotatable bonds is 7. The molecule has 1 aromatic rings. The first-order valence-electron chi connectivity index (χ1n) is 8.36. The molecule has 1 heterocycles. The maximum absolute atomic E-state index is 12.0. The number of amides is 3. The number of likely N-dealkylation sites (tertiary alicyclic amines) is 1. The van der Waals surface area contributed by atoms with Crippen molar-refractivity contribution in [3.05, 3.63) is 24.3 Å². The number of nitrogens with zero attached hydrogens (tertiary/aromatic N) is 1. The average Bonchev–Trinajstić information content (AvgIpc) is 2.55. The maximum Gasteiger partial charge on any atom is 0.312 e. The van der Waals surface area contributed by atoms with Crippen LogP contribution in [0.4, 0.5) is 10.5 Å². The fourth-order valence-corrected chi connectivity index (χ4v) is 2.67. The highest BCUT2D eigenvalue weighted by Crippen LogP contribution is 2.18. The third-order valence-electron chi connectivity index (χ3n) is 3.98. The van der Waals surface area contributed by atoms with Gasteiger partial charge in [0.05, 0.1) is 0 Å². The Balaban J connectivity index is 1.80. The summed E-state index contributed by atoms with van der Waals surface area (Å²) in [4.78, 5) is 25.1. The molecule has 1 fully saturated rings. The van der Waals surface area contributed by atoms with E-state index in [1.807, 2.05) is 12.1 Å². The Labute approximate surface area is 142 Å². The SMILES string of the molecule is CC(NC(N)=O)C(=O)Nc1cccc(OCCN2CCCCC2)c1. The second kappa shape index (κ2) is 9.12. The highest BCUT2D eigenvalue weighted by Gasteiger charge is 2.14. The van der Waals surface area contributed by atoms with Crippen LogP contribution in [0.3, 0.4) is 0 Å². The summed E-state index contributed by atoms with van der Waals surface area (Å²) in [5, 5.41) is 5.07. The summed E-state index contributed by atoms with van der Waals surface area (Å²) in [6.45, 7) is 5.39. The van der Waals surface area contributed by atoms with Gasteiger partial charge in [0.25, 0.3) is 0 Å². The second-order valence-electron chi connectivity index (χ2n) is 6.00. The van der Waals surface area contributed by atoms with Gasteiger partial charge in [0.2, 0.25) is 5.91 Å². The zero-order valence-electron chi connectivity index (χ0n) is 14.1. The van der Waals surface area contributed by atoms with Crippen molar-refractivity contribution in [2.24, 2.45) is 5.73 Å².